The zero-order valence-electron chi connectivity index (χ0n) is 10.4. The average Bonchev–Trinajstić information content (AvgIpc) is 2.30. The Morgan fingerprint density at radius 1 is 1.53 bits per heavy atom. The second-order valence-corrected chi connectivity index (χ2v) is 6.00. The van der Waals surface area contributed by atoms with Crippen LogP contribution in [0.2, 0.25) is 0 Å². The van der Waals surface area contributed by atoms with Gasteiger partial charge in [-0.3, -0.25) is 4.79 Å². The number of benzene rings is 1. The van der Waals surface area contributed by atoms with Gasteiger partial charge in [0.05, 0.1) is 0 Å². The molecule has 0 saturated carbocycles. The van der Waals surface area contributed by atoms with Gasteiger partial charge < -0.3 is 5.32 Å². The highest BCUT2D eigenvalue weighted by Crippen LogP contribution is 2.17. The van der Waals surface area contributed by atoms with Crippen LogP contribution in [-0.2, 0) is 0 Å². The van der Waals surface area contributed by atoms with Gasteiger partial charge in [0.25, 0.3) is 5.91 Å². The Morgan fingerprint density at radius 2 is 2.24 bits per heavy atom. The quantitative estimate of drug-likeness (QED) is 0.901. The normalized spacial score (nSPS) is 12.2. The number of rotatable bonds is 5. The third kappa shape index (κ3) is 4.72. The summed E-state index contributed by atoms with van der Waals surface area (Å²) < 4.78 is 0.974. The van der Waals surface area contributed by atoms with E-state index in [0.717, 1.165) is 22.3 Å². The second kappa shape index (κ2) is 7.07. The molecule has 2 nitrogen and oxygen atoms in total. The Morgan fingerprint density at radius 3 is 2.82 bits per heavy atom. The van der Waals surface area contributed by atoms with Crippen LogP contribution in [0.15, 0.2) is 22.7 Å². The van der Waals surface area contributed by atoms with E-state index in [1.807, 2.05) is 25.1 Å². The predicted molar refractivity (Wildman–Crippen MR) is 78.8 cm³/mol. The first kappa shape index (κ1) is 14.6. The Labute approximate surface area is 116 Å². The third-order valence-corrected chi connectivity index (χ3v) is 4.25. The van der Waals surface area contributed by atoms with E-state index in [1.165, 1.54) is 0 Å². The van der Waals surface area contributed by atoms with Gasteiger partial charge in [-0.15, -0.1) is 0 Å². The van der Waals surface area contributed by atoms with Crippen molar-refractivity contribution >= 4 is 33.6 Å². The summed E-state index contributed by atoms with van der Waals surface area (Å²) in [5.41, 5.74) is 1.84. The fourth-order valence-corrected chi connectivity index (χ4v) is 2.51. The lowest BCUT2D eigenvalue weighted by molar-refractivity contribution is 0.0949. The molecule has 4 heteroatoms. The first-order valence-electron chi connectivity index (χ1n) is 5.58. The van der Waals surface area contributed by atoms with Crippen molar-refractivity contribution in [3.8, 4) is 0 Å². The Balaban J connectivity index is 2.55. The number of carbonyl (C=O) groups is 1. The number of thioether (sulfide) groups is 1. The summed E-state index contributed by atoms with van der Waals surface area (Å²) in [5, 5.41) is 2.96. The average molecular weight is 316 g/mol. The van der Waals surface area contributed by atoms with E-state index < -0.39 is 0 Å². The van der Waals surface area contributed by atoms with Crippen molar-refractivity contribution in [3.63, 3.8) is 0 Å². The molecule has 17 heavy (non-hydrogen) atoms. The summed E-state index contributed by atoms with van der Waals surface area (Å²) in [6.07, 6.45) is 2.08. The van der Waals surface area contributed by atoms with Crippen LogP contribution in [0.5, 0.6) is 0 Å². The molecule has 0 aromatic heterocycles. The van der Waals surface area contributed by atoms with Crippen LogP contribution in [0.3, 0.4) is 0 Å². The zero-order chi connectivity index (χ0) is 12.8. The molecule has 0 bridgehead atoms. The van der Waals surface area contributed by atoms with Gasteiger partial charge in [-0.05, 0) is 42.5 Å². The maximum absolute atomic E-state index is 11.9. The minimum atomic E-state index is -0.00125. The number of nitrogens with one attached hydrogen (secondary N) is 1. The van der Waals surface area contributed by atoms with Crippen molar-refractivity contribution in [2.24, 2.45) is 5.92 Å². The molecule has 1 amide bonds. The molecule has 94 valence electrons. The second-order valence-electron chi connectivity index (χ2n) is 4.23. The molecule has 0 radical (unpaired) electrons. The van der Waals surface area contributed by atoms with E-state index in [-0.39, 0.29) is 5.91 Å². The molecule has 1 atom stereocenters. The molecule has 0 spiro atoms. The SMILES string of the molecule is CSCC(C)CNC(=O)c1ccc(C)c(Br)c1. The van der Waals surface area contributed by atoms with Crippen molar-refractivity contribution in [1.82, 2.24) is 5.32 Å². The van der Waals surface area contributed by atoms with E-state index >= 15 is 0 Å². The third-order valence-electron chi connectivity index (χ3n) is 2.50. The maximum Gasteiger partial charge on any atom is 0.251 e. The van der Waals surface area contributed by atoms with Crippen LogP contribution in [0.25, 0.3) is 0 Å². The van der Waals surface area contributed by atoms with Crippen LogP contribution in [0.1, 0.15) is 22.8 Å². The molecule has 1 N–H and O–H groups in total. The van der Waals surface area contributed by atoms with Gasteiger partial charge in [0.1, 0.15) is 0 Å². The van der Waals surface area contributed by atoms with E-state index in [1.54, 1.807) is 11.8 Å². The van der Waals surface area contributed by atoms with Crippen molar-refractivity contribution in [2.75, 3.05) is 18.6 Å². The first-order chi connectivity index (χ1) is 8.04. The molecule has 0 aliphatic rings. The molecular weight excluding hydrogens is 298 g/mol. The minimum Gasteiger partial charge on any atom is -0.352 e. The first-order valence-corrected chi connectivity index (χ1v) is 7.76. The molecule has 0 heterocycles. The monoisotopic (exact) mass is 315 g/mol. The van der Waals surface area contributed by atoms with Gasteiger partial charge in [-0.1, -0.05) is 28.9 Å². The molecular formula is C13H18BrNOS. The van der Waals surface area contributed by atoms with Gasteiger partial charge in [0.15, 0.2) is 0 Å². The van der Waals surface area contributed by atoms with Crippen LogP contribution >= 0.6 is 27.7 Å². The van der Waals surface area contributed by atoms with Crippen molar-refractivity contribution in [3.05, 3.63) is 33.8 Å². The fraction of sp³-hybridized carbons (Fsp3) is 0.462. The van der Waals surface area contributed by atoms with E-state index in [4.69, 9.17) is 0 Å². The largest absolute Gasteiger partial charge is 0.352 e. The summed E-state index contributed by atoms with van der Waals surface area (Å²) in [6, 6.07) is 5.67. The molecule has 0 saturated heterocycles. The van der Waals surface area contributed by atoms with Gasteiger partial charge in [-0.25, -0.2) is 0 Å². The van der Waals surface area contributed by atoms with Crippen LogP contribution in [0, 0.1) is 12.8 Å². The molecule has 0 aliphatic carbocycles. The van der Waals surface area contributed by atoms with Crippen molar-refractivity contribution in [1.29, 1.82) is 0 Å². The molecule has 0 fully saturated rings. The van der Waals surface area contributed by atoms with Crippen molar-refractivity contribution < 1.29 is 4.79 Å². The van der Waals surface area contributed by atoms with Crippen molar-refractivity contribution in [2.45, 2.75) is 13.8 Å². The van der Waals surface area contributed by atoms with Crippen LogP contribution < -0.4 is 5.32 Å². The van der Waals surface area contributed by atoms with Crippen LogP contribution in [0.4, 0.5) is 0 Å². The highest BCUT2D eigenvalue weighted by molar-refractivity contribution is 9.10. The number of halogens is 1. The highest BCUT2D eigenvalue weighted by Gasteiger charge is 2.08. The standard InChI is InChI=1S/C13H18BrNOS/c1-9(8-17-3)7-15-13(16)11-5-4-10(2)12(14)6-11/h4-6,9H,7-8H2,1-3H3,(H,15,16). The summed E-state index contributed by atoms with van der Waals surface area (Å²) in [7, 11) is 0. The molecule has 0 aliphatic heterocycles. The summed E-state index contributed by atoms with van der Waals surface area (Å²) in [4.78, 5) is 11.9. The maximum atomic E-state index is 11.9. The van der Waals surface area contributed by atoms with E-state index in [9.17, 15) is 4.79 Å². The lowest BCUT2D eigenvalue weighted by Gasteiger charge is -2.11. The Kier molecular flexibility index (Phi) is 6.06. The molecule has 1 unspecified atom stereocenters. The lowest BCUT2D eigenvalue weighted by atomic mass is 10.1. The van der Waals surface area contributed by atoms with E-state index in [0.29, 0.717) is 11.5 Å². The summed E-state index contributed by atoms with van der Waals surface area (Å²) >= 11 is 5.24. The number of hydrogen-bond donors (Lipinski definition) is 1. The van der Waals surface area contributed by atoms with Gasteiger partial charge >= 0.3 is 0 Å². The number of aryl methyl sites for hydroxylation is 1. The van der Waals surface area contributed by atoms with Gasteiger partial charge in [0.2, 0.25) is 0 Å². The van der Waals surface area contributed by atoms with Crippen LogP contribution in [-0.4, -0.2) is 24.5 Å². The fourth-order valence-electron chi connectivity index (χ4n) is 1.45. The summed E-state index contributed by atoms with van der Waals surface area (Å²) in [6.45, 7) is 4.87. The van der Waals surface area contributed by atoms with E-state index in [2.05, 4.69) is 34.4 Å². The van der Waals surface area contributed by atoms with Gasteiger partial charge in [-0.2, -0.15) is 11.8 Å². The zero-order valence-corrected chi connectivity index (χ0v) is 12.8. The molecule has 1 aromatic carbocycles. The lowest BCUT2D eigenvalue weighted by Crippen LogP contribution is -2.29. The Hall–Kier alpha value is -0.480. The smallest absolute Gasteiger partial charge is 0.251 e. The predicted octanol–water partition coefficient (Wildman–Crippen LogP) is 3.49. The minimum absolute atomic E-state index is 0.00125. The topological polar surface area (TPSA) is 29.1 Å². The molecule has 1 aromatic rings. The number of amides is 1. The number of carbonyl (C=O) groups excluding carboxylic acids is 1. The number of hydrogen-bond acceptors (Lipinski definition) is 2. The van der Waals surface area contributed by atoms with Gasteiger partial charge in [0, 0.05) is 16.6 Å². The summed E-state index contributed by atoms with van der Waals surface area (Å²) in [5.74, 6) is 1.57. The molecule has 1 rings (SSSR count). The Bertz CT molecular complexity index is 395. The highest BCUT2D eigenvalue weighted by atomic mass is 79.9.